The number of anilines is 1. The van der Waals surface area contributed by atoms with E-state index in [1.54, 1.807) is 36.3 Å². The first-order valence-electron chi connectivity index (χ1n) is 6.55. The van der Waals surface area contributed by atoms with Crippen molar-refractivity contribution in [2.24, 2.45) is 7.05 Å². The first kappa shape index (κ1) is 16.5. The number of hydrogen-bond donors (Lipinski definition) is 1. The van der Waals surface area contributed by atoms with Crippen molar-refractivity contribution in [3.8, 4) is 6.07 Å². The maximum Gasteiger partial charge on any atom is 0.350 e. The molecule has 0 spiro atoms. The Kier molecular flexibility index (Phi) is 4.93. The molecule has 0 saturated heterocycles. The van der Waals surface area contributed by atoms with Crippen molar-refractivity contribution in [3.05, 3.63) is 39.4 Å². The molecule has 8 heteroatoms. The van der Waals surface area contributed by atoms with Crippen molar-refractivity contribution in [2.45, 2.75) is 6.92 Å². The Morgan fingerprint density at radius 3 is 2.83 bits per heavy atom. The average molecular weight is 330 g/mol. The van der Waals surface area contributed by atoms with Gasteiger partial charge in [-0.1, -0.05) is 0 Å². The Bertz CT molecular complexity index is 826. The van der Waals surface area contributed by atoms with Crippen LogP contribution in [0.1, 0.15) is 20.9 Å². The molecule has 2 aromatic rings. The lowest BCUT2D eigenvalue weighted by atomic mass is 10.1. The Morgan fingerprint density at radius 1 is 1.52 bits per heavy atom. The van der Waals surface area contributed by atoms with Crippen LogP contribution in [0.5, 0.6) is 0 Å². The number of aromatic nitrogens is 2. The number of carbonyl (C=O) groups is 2. The van der Waals surface area contributed by atoms with Gasteiger partial charge >= 0.3 is 5.97 Å². The number of rotatable bonds is 4. The molecule has 2 aromatic heterocycles. The third-order valence-electron chi connectivity index (χ3n) is 3.00. The number of amides is 1. The monoisotopic (exact) mass is 330 g/mol. The standard InChI is InChI=1S/C15H14N4O3S/c1-9-11(8-19(2)18-9)6-10(7-16)14(20)17-12-4-5-23-13(12)15(21)22-3/h4-6,8H,1-3H3,(H,17,20). The summed E-state index contributed by atoms with van der Waals surface area (Å²) in [6.45, 7) is 1.78. The summed E-state index contributed by atoms with van der Waals surface area (Å²) in [5.74, 6) is -1.14. The summed E-state index contributed by atoms with van der Waals surface area (Å²) in [6, 6.07) is 3.44. The second-order valence-electron chi connectivity index (χ2n) is 4.62. The molecule has 0 fully saturated rings. The van der Waals surface area contributed by atoms with E-state index in [4.69, 9.17) is 0 Å². The Balaban J connectivity index is 2.25. The molecule has 2 heterocycles. The van der Waals surface area contributed by atoms with Gasteiger partial charge in [-0.05, 0) is 24.4 Å². The van der Waals surface area contributed by atoms with Crippen molar-refractivity contribution in [1.29, 1.82) is 5.26 Å². The number of esters is 1. The molecule has 0 bridgehead atoms. The molecule has 1 N–H and O–H groups in total. The number of carbonyl (C=O) groups excluding carboxylic acids is 2. The number of aryl methyl sites for hydroxylation is 2. The fourth-order valence-corrected chi connectivity index (χ4v) is 2.68. The van der Waals surface area contributed by atoms with E-state index >= 15 is 0 Å². The van der Waals surface area contributed by atoms with Gasteiger partial charge in [0, 0.05) is 18.8 Å². The van der Waals surface area contributed by atoms with Gasteiger partial charge < -0.3 is 10.1 Å². The molecule has 23 heavy (non-hydrogen) atoms. The van der Waals surface area contributed by atoms with Gasteiger partial charge in [-0.25, -0.2) is 4.79 Å². The summed E-state index contributed by atoms with van der Waals surface area (Å²) >= 11 is 1.15. The molecule has 118 valence electrons. The number of hydrogen-bond acceptors (Lipinski definition) is 6. The molecule has 2 rings (SSSR count). The van der Waals surface area contributed by atoms with Gasteiger partial charge in [0.15, 0.2) is 0 Å². The highest BCUT2D eigenvalue weighted by Gasteiger charge is 2.18. The molecular formula is C15H14N4O3S. The number of nitriles is 1. The zero-order valence-corrected chi connectivity index (χ0v) is 13.6. The Morgan fingerprint density at radius 2 is 2.26 bits per heavy atom. The van der Waals surface area contributed by atoms with Crippen LogP contribution in [0.15, 0.2) is 23.2 Å². The van der Waals surface area contributed by atoms with Gasteiger partial charge in [-0.15, -0.1) is 11.3 Å². The summed E-state index contributed by atoms with van der Waals surface area (Å²) in [7, 11) is 3.02. The number of methoxy groups -OCH3 is 1. The van der Waals surface area contributed by atoms with Gasteiger partial charge in [0.05, 0.1) is 18.5 Å². The smallest absolute Gasteiger partial charge is 0.350 e. The van der Waals surface area contributed by atoms with E-state index in [0.717, 1.165) is 11.3 Å². The molecule has 7 nitrogen and oxygen atoms in total. The van der Waals surface area contributed by atoms with E-state index in [9.17, 15) is 14.9 Å². The highest BCUT2D eigenvalue weighted by Crippen LogP contribution is 2.24. The van der Waals surface area contributed by atoms with Crippen LogP contribution >= 0.6 is 11.3 Å². The fraction of sp³-hybridized carbons (Fsp3) is 0.200. The zero-order chi connectivity index (χ0) is 17.0. The molecule has 0 aliphatic rings. The first-order valence-corrected chi connectivity index (χ1v) is 7.43. The van der Waals surface area contributed by atoms with Crippen molar-refractivity contribution < 1.29 is 14.3 Å². The van der Waals surface area contributed by atoms with Crippen molar-refractivity contribution in [1.82, 2.24) is 9.78 Å². The van der Waals surface area contributed by atoms with Crippen LogP contribution in [0.4, 0.5) is 5.69 Å². The largest absolute Gasteiger partial charge is 0.465 e. The van der Waals surface area contributed by atoms with Crippen LogP contribution in [0.3, 0.4) is 0 Å². The van der Waals surface area contributed by atoms with Crippen LogP contribution in [-0.2, 0) is 16.6 Å². The number of nitrogens with zero attached hydrogens (tertiary/aromatic N) is 3. The summed E-state index contributed by atoms with van der Waals surface area (Å²) in [5, 5.41) is 17.6. The van der Waals surface area contributed by atoms with Crippen molar-refractivity contribution in [3.63, 3.8) is 0 Å². The van der Waals surface area contributed by atoms with E-state index < -0.39 is 11.9 Å². The van der Waals surface area contributed by atoms with Crippen LogP contribution in [0.25, 0.3) is 6.08 Å². The second-order valence-corrected chi connectivity index (χ2v) is 5.54. The fourth-order valence-electron chi connectivity index (χ4n) is 1.91. The summed E-state index contributed by atoms with van der Waals surface area (Å²) in [4.78, 5) is 24.1. The van der Waals surface area contributed by atoms with Crippen LogP contribution < -0.4 is 5.32 Å². The second kappa shape index (κ2) is 6.89. The molecule has 0 atom stereocenters. The molecule has 0 unspecified atom stereocenters. The van der Waals surface area contributed by atoms with Gasteiger partial charge in [-0.3, -0.25) is 9.48 Å². The Labute approximate surface area is 136 Å². The molecular weight excluding hydrogens is 316 g/mol. The maximum atomic E-state index is 12.3. The number of ether oxygens (including phenoxy) is 1. The molecule has 0 aliphatic heterocycles. The highest BCUT2D eigenvalue weighted by molar-refractivity contribution is 7.12. The van der Waals surface area contributed by atoms with Crippen LogP contribution in [0, 0.1) is 18.3 Å². The zero-order valence-electron chi connectivity index (χ0n) is 12.8. The molecule has 1 amide bonds. The third-order valence-corrected chi connectivity index (χ3v) is 3.90. The molecule has 0 radical (unpaired) electrons. The minimum Gasteiger partial charge on any atom is -0.465 e. The maximum absolute atomic E-state index is 12.3. The predicted molar refractivity (Wildman–Crippen MR) is 85.8 cm³/mol. The topological polar surface area (TPSA) is 97.0 Å². The van der Waals surface area contributed by atoms with Crippen molar-refractivity contribution >= 4 is 35.0 Å². The number of nitrogens with one attached hydrogen (secondary N) is 1. The first-order chi connectivity index (χ1) is 11.0. The van der Waals surface area contributed by atoms with Gasteiger partial charge in [0.25, 0.3) is 5.91 Å². The summed E-state index contributed by atoms with van der Waals surface area (Å²) < 4.78 is 6.25. The lowest BCUT2D eigenvalue weighted by Gasteiger charge is -2.04. The van der Waals surface area contributed by atoms with E-state index in [-0.39, 0.29) is 10.5 Å². The van der Waals surface area contributed by atoms with E-state index in [2.05, 4.69) is 15.2 Å². The lowest BCUT2D eigenvalue weighted by molar-refractivity contribution is -0.112. The van der Waals surface area contributed by atoms with Gasteiger partial charge in [0.2, 0.25) is 0 Å². The lowest BCUT2D eigenvalue weighted by Crippen LogP contribution is -2.15. The SMILES string of the molecule is COC(=O)c1sccc1NC(=O)C(C#N)=Cc1cn(C)nc1C. The summed E-state index contributed by atoms with van der Waals surface area (Å²) in [5.41, 5.74) is 1.62. The summed E-state index contributed by atoms with van der Waals surface area (Å²) in [6.07, 6.45) is 3.17. The minimum absolute atomic E-state index is 0.0804. The normalized spacial score (nSPS) is 11.0. The van der Waals surface area contributed by atoms with Crippen LogP contribution in [-0.4, -0.2) is 28.8 Å². The van der Waals surface area contributed by atoms with E-state index in [1.165, 1.54) is 13.2 Å². The number of thiophene rings is 1. The third kappa shape index (κ3) is 3.64. The predicted octanol–water partition coefficient (Wildman–Crippen LogP) is 2.12. The quantitative estimate of drug-likeness (QED) is 0.526. The van der Waals surface area contributed by atoms with Crippen LogP contribution in [0.2, 0.25) is 0 Å². The minimum atomic E-state index is -0.598. The average Bonchev–Trinajstić information content (AvgIpc) is 3.10. The van der Waals surface area contributed by atoms with E-state index in [1.807, 2.05) is 6.07 Å². The molecule has 0 aliphatic carbocycles. The van der Waals surface area contributed by atoms with E-state index in [0.29, 0.717) is 16.9 Å². The van der Waals surface area contributed by atoms with Crippen molar-refractivity contribution in [2.75, 3.05) is 12.4 Å². The van der Waals surface area contributed by atoms with Gasteiger partial charge in [0.1, 0.15) is 16.5 Å². The molecule has 0 saturated carbocycles. The van der Waals surface area contributed by atoms with Gasteiger partial charge in [-0.2, -0.15) is 10.4 Å². The molecule has 0 aromatic carbocycles. The highest BCUT2D eigenvalue weighted by atomic mass is 32.1. The Hall–Kier alpha value is -2.92.